The fourth-order valence-electron chi connectivity index (χ4n) is 2.66. The molecule has 1 atom stereocenters. The molecule has 0 N–H and O–H groups in total. The Morgan fingerprint density at radius 2 is 2.05 bits per heavy atom. The first kappa shape index (κ1) is 16.4. The summed E-state index contributed by atoms with van der Waals surface area (Å²) in [6.45, 7) is 5.76. The summed E-state index contributed by atoms with van der Waals surface area (Å²) in [6, 6.07) is 2.43. The number of rotatable bonds is 6. The number of hydrogen-bond acceptors (Lipinski definition) is 3. The minimum atomic E-state index is -0.262. The fourth-order valence-corrected chi connectivity index (χ4v) is 3.34. The van der Waals surface area contributed by atoms with Gasteiger partial charge >= 0.3 is 0 Å². The van der Waals surface area contributed by atoms with E-state index < -0.39 is 0 Å². The predicted octanol–water partition coefficient (Wildman–Crippen LogP) is 3.45. The van der Waals surface area contributed by atoms with E-state index in [1.54, 1.807) is 11.8 Å². The van der Waals surface area contributed by atoms with Crippen molar-refractivity contribution in [3.8, 4) is 6.07 Å². The molecule has 0 radical (unpaired) electrons. The molecule has 0 spiro atoms. The van der Waals surface area contributed by atoms with Crippen LogP contribution in [0.2, 0.25) is 0 Å². The average Bonchev–Trinajstić information content (AvgIpc) is 2.48. The summed E-state index contributed by atoms with van der Waals surface area (Å²) >= 11 is 1.64. The topological polar surface area (TPSA) is 44.1 Å². The summed E-state index contributed by atoms with van der Waals surface area (Å²) in [5.41, 5.74) is 0. The Morgan fingerprint density at radius 1 is 1.42 bits per heavy atom. The molecule has 0 aromatic carbocycles. The molecule has 1 rings (SSSR count). The van der Waals surface area contributed by atoms with Crippen molar-refractivity contribution in [2.24, 2.45) is 5.92 Å². The molecule has 3 nitrogen and oxygen atoms in total. The Hall–Kier alpha value is -0.690. The second kappa shape index (κ2) is 7.79. The van der Waals surface area contributed by atoms with Crippen molar-refractivity contribution in [1.29, 1.82) is 5.26 Å². The van der Waals surface area contributed by atoms with Crippen LogP contribution in [0, 0.1) is 17.2 Å². The third-order valence-electron chi connectivity index (χ3n) is 4.23. The number of unbranched alkanes of at least 4 members (excludes halogenated alkanes) is 1. The van der Waals surface area contributed by atoms with Crippen LogP contribution in [0.1, 0.15) is 52.4 Å². The van der Waals surface area contributed by atoms with E-state index in [9.17, 15) is 10.1 Å². The van der Waals surface area contributed by atoms with Gasteiger partial charge in [-0.1, -0.05) is 26.7 Å². The third-order valence-corrected chi connectivity index (χ3v) is 5.51. The lowest BCUT2D eigenvalue weighted by atomic mass is 9.93. The van der Waals surface area contributed by atoms with Crippen LogP contribution in [0.5, 0.6) is 0 Å². The molecule has 0 saturated carbocycles. The number of carbonyl (C=O) groups excluding carboxylic acids is 1. The SMILES string of the molecule is CCCCC(CC)C(=O)N1CCC(C#N)(SC)CC1. The minimum Gasteiger partial charge on any atom is -0.342 e. The lowest BCUT2D eigenvalue weighted by molar-refractivity contribution is -0.136. The lowest BCUT2D eigenvalue weighted by Gasteiger charge is -2.37. The highest BCUT2D eigenvalue weighted by molar-refractivity contribution is 8.00. The zero-order valence-corrected chi connectivity index (χ0v) is 13.3. The van der Waals surface area contributed by atoms with Crippen molar-refractivity contribution in [3.63, 3.8) is 0 Å². The molecule has 108 valence electrons. The first-order chi connectivity index (χ1) is 9.12. The zero-order chi connectivity index (χ0) is 14.3. The summed E-state index contributed by atoms with van der Waals surface area (Å²) in [7, 11) is 0. The first-order valence-electron chi connectivity index (χ1n) is 7.37. The Kier molecular flexibility index (Phi) is 6.71. The molecule has 19 heavy (non-hydrogen) atoms. The van der Waals surface area contributed by atoms with Crippen LogP contribution >= 0.6 is 11.8 Å². The van der Waals surface area contributed by atoms with E-state index in [1.165, 1.54) is 0 Å². The molecule has 0 bridgehead atoms. The fraction of sp³-hybridized carbons (Fsp3) is 0.867. The van der Waals surface area contributed by atoms with Gasteiger partial charge in [0.15, 0.2) is 0 Å². The summed E-state index contributed by atoms with van der Waals surface area (Å²) in [4.78, 5) is 14.4. The number of carbonyl (C=O) groups is 1. The molecular weight excluding hydrogens is 256 g/mol. The van der Waals surface area contributed by atoms with E-state index in [2.05, 4.69) is 19.9 Å². The van der Waals surface area contributed by atoms with Crippen molar-refractivity contribution < 1.29 is 4.79 Å². The molecular formula is C15H26N2OS. The minimum absolute atomic E-state index is 0.184. The van der Waals surface area contributed by atoms with E-state index >= 15 is 0 Å². The maximum atomic E-state index is 12.5. The Bertz CT molecular complexity index is 330. The van der Waals surface area contributed by atoms with Crippen molar-refractivity contribution in [2.75, 3.05) is 19.3 Å². The number of piperidine rings is 1. The largest absolute Gasteiger partial charge is 0.342 e. The van der Waals surface area contributed by atoms with E-state index in [0.717, 1.165) is 51.6 Å². The molecule has 1 saturated heterocycles. The third kappa shape index (κ3) is 4.14. The van der Waals surface area contributed by atoms with Gasteiger partial charge in [-0.3, -0.25) is 4.79 Å². The van der Waals surface area contributed by atoms with Crippen molar-refractivity contribution in [2.45, 2.75) is 57.1 Å². The number of thioether (sulfide) groups is 1. The number of nitrogens with zero attached hydrogens (tertiary/aromatic N) is 2. The van der Waals surface area contributed by atoms with E-state index in [1.807, 2.05) is 11.2 Å². The summed E-state index contributed by atoms with van der Waals surface area (Å²) in [5.74, 6) is 0.493. The molecule has 1 aliphatic rings. The average molecular weight is 282 g/mol. The molecule has 1 heterocycles. The number of likely N-dealkylation sites (tertiary alicyclic amines) is 1. The first-order valence-corrected chi connectivity index (χ1v) is 8.60. The molecule has 1 unspecified atom stereocenters. The van der Waals surface area contributed by atoms with Crippen LogP contribution < -0.4 is 0 Å². The lowest BCUT2D eigenvalue weighted by Crippen LogP contribution is -2.46. The van der Waals surface area contributed by atoms with Crippen LogP contribution in [0.3, 0.4) is 0 Å². The molecule has 1 fully saturated rings. The molecule has 4 heteroatoms. The van der Waals surface area contributed by atoms with Crippen molar-refractivity contribution in [3.05, 3.63) is 0 Å². The second-order valence-electron chi connectivity index (χ2n) is 5.38. The highest BCUT2D eigenvalue weighted by Crippen LogP contribution is 2.34. The van der Waals surface area contributed by atoms with Gasteiger partial charge in [0.1, 0.15) is 4.75 Å². The summed E-state index contributed by atoms with van der Waals surface area (Å²) in [6.07, 6.45) is 7.83. The van der Waals surface area contributed by atoms with Gasteiger partial charge in [-0.05, 0) is 31.9 Å². The second-order valence-corrected chi connectivity index (χ2v) is 6.57. The number of amides is 1. The maximum absolute atomic E-state index is 12.5. The zero-order valence-electron chi connectivity index (χ0n) is 12.4. The smallest absolute Gasteiger partial charge is 0.225 e. The van der Waals surface area contributed by atoms with Gasteiger partial charge in [0.05, 0.1) is 6.07 Å². The normalized spacial score (nSPS) is 19.8. The van der Waals surface area contributed by atoms with Crippen LogP contribution in [0.25, 0.3) is 0 Å². The van der Waals surface area contributed by atoms with E-state index in [0.29, 0.717) is 5.91 Å². The van der Waals surface area contributed by atoms with Crippen LogP contribution in [-0.4, -0.2) is 34.9 Å². The molecule has 1 aliphatic heterocycles. The highest BCUT2D eigenvalue weighted by atomic mass is 32.2. The molecule has 0 aromatic rings. The van der Waals surface area contributed by atoms with Gasteiger partial charge in [0.25, 0.3) is 0 Å². The Balaban J connectivity index is 2.54. The summed E-state index contributed by atoms with van der Waals surface area (Å²) < 4.78 is -0.262. The van der Waals surface area contributed by atoms with Gasteiger partial charge in [-0.2, -0.15) is 5.26 Å². The van der Waals surface area contributed by atoms with Crippen LogP contribution in [0.4, 0.5) is 0 Å². The Labute approximate surface area is 121 Å². The van der Waals surface area contributed by atoms with Crippen LogP contribution in [0.15, 0.2) is 0 Å². The monoisotopic (exact) mass is 282 g/mol. The maximum Gasteiger partial charge on any atom is 0.225 e. The van der Waals surface area contributed by atoms with Crippen molar-refractivity contribution in [1.82, 2.24) is 4.90 Å². The Morgan fingerprint density at radius 3 is 2.47 bits per heavy atom. The number of nitriles is 1. The standard InChI is InChI=1S/C15H26N2OS/c1-4-6-7-13(5-2)14(18)17-10-8-15(12-16,19-3)9-11-17/h13H,4-11H2,1-3H3. The molecule has 0 aromatic heterocycles. The van der Waals surface area contributed by atoms with Crippen molar-refractivity contribution >= 4 is 17.7 Å². The van der Waals surface area contributed by atoms with Gasteiger partial charge in [0.2, 0.25) is 5.91 Å². The predicted molar refractivity (Wildman–Crippen MR) is 81.0 cm³/mol. The van der Waals surface area contributed by atoms with Gasteiger partial charge in [-0.25, -0.2) is 0 Å². The van der Waals surface area contributed by atoms with Gasteiger partial charge < -0.3 is 4.90 Å². The quantitative estimate of drug-likeness (QED) is 0.749. The van der Waals surface area contributed by atoms with Gasteiger partial charge in [0, 0.05) is 19.0 Å². The summed E-state index contributed by atoms with van der Waals surface area (Å²) in [5, 5.41) is 9.26. The molecule has 1 amide bonds. The van der Waals surface area contributed by atoms with E-state index in [4.69, 9.17) is 0 Å². The highest BCUT2D eigenvalue weighted by Gasteiger charge is 2.36. The molecule has 0 aliphatic carbocycles. The number of hydrogen-bond donors (Lipinski definition) is 0. The van der Waals surface area contributed by atoms with Gasteiger partial charge in [-0.15, -0.1) is 11.8 Å². The van der Waals surface area contributed by atoms with Crippen LogP contribution in [-0.2, 0) is 4.79 Å². The van der Waals surface area contributed by atoms with E-state index in [-0.39, 0.29) is 10.7 Å².